The second-order valence-corrected chi connectivity index (χ2v) is 8.22. The number of thiophene rings is 1. The quantitative estimate of drug-likeness (QED) is 0.878. The highest BCUT2D eigenvalue weighted by Crippen LogP contribution is 2.24. The molecule has 1 aromatic heterocycles. The Morgan fingerprint density at radius 1 is 1.24 bits per heavy atom. The molecule has 1 aliphatic heterocycles. The molecule has 2 unspecified atom stereocenters. The lowest BCUT2D eigenvalue weighted by Crippen LogP contribution is -2.51. The SMILES string of the molecule is CC1CNC(c2ccccc2)CN1CCc1ccc(Br)s1. The van der Waals surface area contributed by atoms with Gasteiger partial charge in [-0.15, -0.1) is 11.3 Å². The highest BCUT2D eigenvalue weighted by atomic mass is 79.9. The van der Waals surface area contributed by atoms with Crippen molar-refractivity contribution in [3.05, 3.63) is 56.7 Å². The summed E-state index contributed by atoms with van der Waals surface area (Å²) in [7, 11) is 0. The third kappa shape index (κ3) is 3.95. The fraction of sp³-hybridized carbons (Fsp3) is 0.412. The molecule has 4 heteroatoms. The summed E-state index contributed by atoms with van der Waals surface area (Å²) in [5.74, 6) is 0. The first-order valence-electron chi connectivity index (χ1n) is 7.49. The second-order valence-electron chi connectivity index (χ2n) is 5.67. The smallest absolute Gasteiger partial charge is 0.0701 e. The molecule has 0 radical (unpaired) electrons. The maximum Gasteiger partial charge on any atom is 0.0701 e. The highest BCUT2D eigenvalue weighted by molar-refractivity contribution is 9.11. The van der Waals surface area contributed by atoms with Gasteiger partial charge in [0.1, 0.15) is 0 Å². The summed E-state index contributed by atoms with van der Waals surface area (Å²) in [4.78, 5) is 4.07. The summed E-state index contributed by atoms with van der Waals surface area (Å²) in [6.07, 6.45) is 1.14. The van der Waals surface area contributed by atoms with E-state index in [2.05, 4.69) is 75.5 Å². The van der Waals surface area contributed by atoms with Crippen LogP contribution < -0.4 is 5.32 Å². The Bertz CT molecular complexity index is 569. The van der Waals surface area contributed by atoms with Crippen molar-refractivity contribution in [3.8, 4) is 0 Å². The number of piperazine rings is 1. The molecule has 0 bridgehead atoms. The van der Waals surface area contributed by atoms with Crippen molar-refractivity contribution in [1.29, 1.82) is 0 Å². The van der Waals surface area contributed by atoms with Gasteiger partial charge in [0.2, 0.25) is 0 Å². The predicted octanol–water partition coefficient (Wildman–Crippen LogP) is 4.09. The van der Waals surface area contributed by atoms with Crippen LogP contribution in [0.15, 0.2) is 46.3 Å². The van der Waals surface area contributed by atoms with Gasteiger partial charge in [0, 0.05) is 36.6 Å². The van der Waals surface area contributed by atoms with E-state index in [1.165, 1.54) is 14.2 Å². The number of hydrogen-bond acceptors (Lipinski definition) is 3. The van der Waals surface area contributed by atoms with Crippen molar-refractivity contribution < 1.29 is 0 Å². The maximum atomic E-state index is 3.67. The van der Waals surface area contributed by atoms with E-state index in [-0.39, 0.29) is 0 Å². The minimum Gasteiger partial charge on any atom is -0.307 e. The van der Waals surface area contributed by atoms with E-state index < -0.39 is 0 Å². The molecule has 1 aliphatic rings. The monoisotopic (exact) mass is 364 g/mol. The Kier molecular flexibility index (Phi) is 5.11. The average molecular weight is 365 g/mol. The number of hydrogen-bond donors (Lipinski definition) is 1. The van der Waals surface area contributed by atoms with E-state index in [4.69, 9.17) is 0 Å². The summed E-state index contributed by atoms with van der Waals surface area (Å²) in [6, 6.07) is 16.2. The zero-order valence-electron chi connectivity index (χ0n) is 12.3. The van der Waals surface area contributed by atoms with E-state index in [0.717, 1.165) is 26.1 Å². The minimum absolute atomic E-state index is 0.456. The van der Waals surface area contributed by atoms with E-state index >= 15 is 0 Å². The van der Waals surface area contributed by atoms with Gasteiger partial charge >= 0.3 is 0 Å². The first-order chi connectivity index (χ1) is 10.2. The van der Waals surface area contributed by atoms with Crippen LogP contribution in [0.3, 0.4) is 0 Å². The third-order valence-corrected chi connectivity index (χ3v) is 5.86. The summed E-state index contributed by atoms with van der Waals surface area (Å²) >= 11 is 5.39. The van der Waals surface area contributed by atoms with Gasteiger partial charge in [-0.05, 0) is 47.0 Å². The van der Waals surface area contributed by atoms with Crippen LogP contribution in [0, 0.1) is 0 Å². The molecule has 0 saturated carbocycles. The lowest BCUT2D eigenvalue weighted by molar-refractivity contribution is 0.143. The molecule has 2 heterocycles. The van der Waals surface area contributed by atoms with Crippen LogP contribution in [-0.2, 0) is 6.42 Å². The molecule has 112 valence electrons. The molecule has 0 aliphatic carbocycles. The summed E-state index contributed by atoms with van der Waals surface area (Å²) in [6.45, 7) is 5.61. The molecule has 2 atom stereocenters. The standard InChI is InChI=1S/C17H21BrN2S/c1-13-11-19-16(14-5-3-2-4-6-14)12-20(13)10-9-15-7-8-17(18)21-15/h2-8,13,16,19H,9-12H2,1H3. The largest absolute Gasteiger partial charge is 0.307 e. The van der Waals surface area contributed by atoms with Gasteiger partial charge in [0.05, 0.1) is 3.79 Å². The lowest BCUT2D eigenvalue weighted by atomic mass is 10.0. The van der Waals surface area contributed by atoms with Crippen molar-refractivity contribution in [2.45, 2.75) is 25.4 Å². The average Bonchev–Trinajstić information content (AvgIpc) is 2.93. The summed E-state index contributed by atoms with van der Waals surface area (Å²) < 4.78 is 1.23. The molecule has 2 aromatic rings. The molecule has 0 spiro atoms. The van der Waals surface area contributed by atoms with Crippen molar-refractivity contribution >= 4 is 27.3 Å². The van der Waals surface area contributed by atoms with Crippen LogP contribution in [-0.4, -0.2) is 30.6 Å². The summed E-state index contributed by atoms with van der Waals surface area (Å²) in [5, 5.41) is 3.67. The van der Waals surface area contributed by atoms with E-state index in [1.54, 1.807) is 0 Å². The minimum atomic E-state index is 0.456. The normalized spacial score (nSPS) is 23.3. The Morgan fingerprint density at radius 2 is 2.05 bits per heavy atom. The first-order valence-corrected chi connectivity index (χ1v) is 9.10. The van der Waals surface area contributed by atoms with E-state index in [1.807, 2.05) is 11.3 Å². The molecular weight excluding hydrogens is 344 g/mol. The molecule has 3 rings (SSSR count). The van der Waals surface area contributed by atoms with Crippen LogP contribution in [0.4, 0.5) is 0 Å². The van der Waals surface area contributed by atoms with E-state index in [9.17, 15) is 0 Å². The highest BCUT2D eigenvalue weighted by Gasteiger charge is 2.25. The van der Waals surface area contributed by atoms with Crippen molar-refractivity contribution in [1.82, 2.24) is 10.2 Å². The molecule has 21 heavy (non-hydrogen) atoms. The van der Waals surface area contributed by atoms with Gasteiger partial charge in [0.25, 0.3) is 0 Å². The Hall–Kier alpha value is -0.680. The number of rotatable bonds is 4. The Balaban J connectivity index is 1.61. The Morgan fingerprint density at radius 3 is 2.76 bits per heavy atom. The summed E-state index contributed by atoms with van der Waals surface area (Å²) in [5.41, 5.74) is 1.40. The van der Waals surface area contributed by atoms with Crippen LogP contribution in [0.2, 0.25) is 0 Å². The zero-order chi connectivity index (χ0) is 14.7. The van der Waals surface area contributed by atoms with Crippen LogP contribution >= 0.6 is 27.3 Å². The molecule has 1 saturated heterocycles. The Labute approximate surface area is 139 Å². The molecule has 1 N–H and O–H groups in total. The van der Waals surface area contributed by atoms with Gasteiger partial charge in [-0.3, -0.25) is 4.90 Å². The van der Waals surface area contributed by atoms with Crippen molar-refractivity contribution in [3.63, 3.8) is 0 Å². The predicted molar refractivity (Wildman–Crippen MR) is 93.9 cm³/mol. The van der Waals surface area contributed by atoms with Gasteiger partial charge in [-0.1, -0.05) is 30.3 Å². The fourth-order valence-corrected chi connectivity index (χ4v) is 4.35. The zero-order valence-corrected chi connectivity index (χ0v) is 14.7. The van der Waals surface area contributed by atoms with Gasteiger partial charge in [-0.25, -0.2) is 0 Å². The molecule has 0 amide bonds. The first kappa shape index (κ1) is 15.2. The van der Waals surface area contributed by atoms with Crippen LogP contribution in [0.25, 0.3) is 0 Å². The number of nitrogens with one attached hydrogen (secondary N) is 1. The number of benzene rings is 1. The third-order valence-electron chi connectivity index (χ3n) is 4.18. The lowest BCUT2D eigenvalue weighted by Gasteiger charge is -2.39. The molecule has 2 nitrogen and oxygen atoms in total. The molecular formula is C17H21BrN2S. The van der Waals surface area contributed by atoms with Gasteiger partial charge < -0.3 is 5.32 Å². The van der Waals surface area contributed by atoms with E-state index in [0.29, 0.717) is 12.1 Å². The van der Waals surface area contributed by atoms with Gasteiger partial charge in [0.15, 0.2) is 0 Å². The fourth-order valence-electron chi connectivity index (χ4n) is 2.88. The van der Waals surface area contributed by atoms with Crippen molar-refractivity contribution in [2.75, 3.05) is 19.6 Å². The molecule has 1 fully saturated rings. The van der Waals surface area contributed by atoms with Crippen molar-refractivity contribution in [2.24, 2.45) is 0 Å². The number of nitrogens with zero attached hydrogens (tertiary/aromatic N) is 1. The van der Waals surface area contributed by atoms with Crippen LogP contribution in [0.1, 0.15) is 23.4 Å². The maximum absolute atomic E-state index is 3.67. The number of halogens is 1. The topological polar surface area (TPSA) is 15.3 Å². The molecule has 1 aromatic carbocycles. The second kappa shape index (κ2) is 7.05. The van der Waals surface area contributed by atoms with Crippen LogP contribution in [0.5, 0.6) is 0 Å². The van der Waals surface area contributed by atoms with Gasteiger partial charge in [-0.2, -0.15) is 0 Å².